The maximum atomic E-state index is 12.6. The zero-order valence-electron chi connectivity index (χ0n) is 17.7. The third kappa shape index (κ3) is 4.50. The van der Waals surface area contributed by atoms with E-state index in [0.717, 1.165) is 5.56 Å². The normalized spacial score (nSPS) is 15.0. The number of esters is 1. The van der Waals surface area contributed by atoms with E-state index in [2.05, 4.69) is 36.8 Å². The first-order valence-electron chi connectivity index (χ1n) is 9.62. The van der Waals surface area contributed by atoms with E-state index >= 15 is 0 Å². The molecule has 172 valence electrons. The van der Waals surface area contributed by atoms with Gasteiger partial charge in [-0.15, -0.1) is 0 Å². The molecule has 9 nitrogen and oxygen atoms in total. The van der Waals surface area contributed by atoms with Crippen molar-refractivity contribution in [3.8, 4) is 11.5 Å². The highest BCUT2D eigenvalue weighted by atomic mass is 79.9. The van der Waals surface area contributed by atoms with E-state index in [0.29, 0.717) is 48.8 Å². The van der Waals surface area contributed by atoms with Gasteiger partial charge in [0.15, 0.2) is 11.5 Å². The standard InChI is InChI=1S/C21H18BrCl2N5O4/c1-10-17(20(30)32-3)18(29-21(25-10)26-27-28-29)12-6-14(22)19(16(7-12)31-2)33-9-11-4-5-13(23)8-15(11)24/h4-8,18H,9H2,1-3H3,(H,25,26,28). The second-order valence-electron chi connectivity index (χ2n) is 7.06. The molecule has 0 bridgehead atoms. The van der Waals surface area contributed by atoms with Crippen LogP contribution in [0.2, 0.25) is 10.0 Å². The SMILES string of the molecule is COC(=O)C1=C(C)Nc2nnnn2C1c1cc(Br)c(OCc2ccc(Cl)cc2Cl)c(OC)c1. The van der Waals surface area contributed by atoms with Gasteiger partial charge in [0.05, 0.1) is 24.3 Å². The lowest BCUT2D eigenvalue weighted by Gasteiger charge is -2.27. The molecule has 0 aliphatic carbocycles. The fourth-order valence-corrected chi connectivity index (χ4v) is 4.56. The fraction of sp³-hybridized carbons (Fsp3) is 0.238. The molecule has 0 radical (unpaired) electrons. The minimum Gasteiger partial charge on any atom is -0.493 e. The predicted molar refractivity (Wildman–Crippen MR) is 126 cm³/mol. The molecule has 0 spiro atoms. The molecule has 0 saturated heterocycles. The van der Waals surface area contributed by atoms with Crippen LogP contribution < -0.4 is 14.8 Å². The number of rotatable bonds is 6. The lowest BCUT2D eigenvalue weighted by Crippen LogP contribution is -2.29. The summed E-state index contributed by atoms with van der Waals surface area (Å²) in [6, 6.07) is 8.13. The van der Waals surface area contributed by atoms with Gasteiger partial charge in [-0.1, -0.05) is 34.4 Å². The number of methoxy groups -OCH3 is 2. The van der Waals surface area contributed by atoms with Crippen molar-refractivity contribution < 1.29 is 19.0 Å². The van der Waals surface area contributed by atoms with Gasteiger partial charge >= 0.3 is 5.97 Å². The molecule has 1 aromatic heterocycles. The van der Waals surface area contributed by atoms with Crippen molar-refractivity contribution >= 4 is 51.0 Å². The Morgan fingerprint density at radius 1 is 1.24 bits per heavy atom. The maximum Gasteiger partial charge on any atom is 0.338 e. The van der Waals surface area contributed by atoms with Gasteiger partial charge in [-0.25, -0.2) is 4.79 Å². The van der Waals surface area contributed by atoms with Crippen molar-refractivity contribution in [2.75, 3.05) is 19.5 Å². The van der Waals surface area contributed by atoms with Gasteiger partial charge in [-0.2, -0.15) is 4.68 Å². The van der Waals surface area contributed by atoms with E-state index < -0.39 is 12.0 Å². The van der Waals surface area contributed by atoms with Gasteiger partial charge in [-0.05, 0) is 63.1 Å². The van der Waals surface area contributed by atoms with Crippen LogP contribution in [0.25, 0.3) is 0 Å². The van der Waals surface area contributed by atoms with Gasteiger partial charge in [-0.3, -0.25) is 0 Å². The van der Waals surface area contributed by atoms with Gasteiger partial charge in [0, 0.05) is 21.3 Å². The van der Waals surface area contributed by atoms with Gasteiger partial charge in [0.1, 0.15) is 12.6 Å². The Hall–Kier alpha value is -2.82. The first-order chi connectivity index (χ1) is 15.8. The Morgan fingerprint density at radius 2 is 2.03 bits per heavy atom. The number of tetrazole rings is 1. The molecule has 1 unspecified atom stereocenters. The van der Waals surface area contributed by atoms with Crippen LogP contribution >= 0.6 is 39.1 Å². The first-order valence-corrected chi connectivity index (χ1v) is 11.2. The maximum absolute atomic E-state index is 12.6. The molecule has 4 rings (SSSR count). The van der Waals surface area contributed by atoms with Gasteiger partial charge in [0.2, 0.25) is 5.95 Å². The third-order valence-corrected chi connectivity index (χ3v) is 6.25. The zero-order chi connectivity index (χ0) is 23.7. The summed E-state index contributed by atoms with van der Waals surface area (Å²) in [5.41, 5.74) is 2.41. The lowest BCUT2D eigenvalue weighted by atomic mass is 9.95. The van der Waals surface area contributed by atoms with Crippen LogP contribution in [0.4, 0.5) is 5.95 Å². The summed E-state index contributed by atoms with van der Waals surface area (Å²) in [7, 11) is 2.85. The molecule has 33 heavy (non-hydrogen) atoms. The lowest BCUT2D eigenvalue weighted by molar-refractivity contribution is -0.136. The Balaban J connectivity index is 1.73. The first kappa shape index (κ1) is 23.3. The monoisotopic (exact) mass is 553 g/mol. The largest absolute Gasteiger partial charge is 0.493 e. The summed E-state index contributed by atoms with van der Waals surface area (Å²) in [4.78, 5) is 12.6. The van der Waals surface area contributed by atoms with E-state index in [1.807, 2.05) is 6.07 Å². The van der Waals surface area contributed by atoms with Crippen molar-refractivity contribution in [3.05, 3.63) is 67.2 Å². The summed E-state index contributed by atoms with van der Waals surface area (Å²) in [6.07, 6.45) is 0. The summed E-state index contributed by atoms with van der Waals surface area (Å²) in [5, 5.41) is 15.8. The van der Waals surface area contributed by atoms with Crippen LogP contribution in [0.5, 0.6) is 11.5 Å². The van der Waals surface area contributed by atoms with Crippen LogP contribution in [0.1, 0.15) is 24.1 Å². The topological polar surface area (TPSA) is 100 Å². The van der Waals surface area contributed by atoms with Crippen LogP contribution in [0, 0.1) is 0 Å². The van der Waals surface area contributed by atoms with Crippen LogP contribution in [0.3, 0.4) is 0 Å². The number of hydrogen-bond donors (Lipinski definition) is 1. The van der Waals surface area contributed by atoms with Crippen LogP contribution in [0.15, 0.2) is 46.1 Å². The smallest absolute Gasteiger partial charge is 0.338 e. The quantitative estimate of drug-likeness (QED) is 0.434. The number of carbonyl (C=O) groups excluding carboxylic acids is 1. The van der Waals surface area contributed by atoms with Crippen LogP contribution in [-0.4, -0.2) is 40.4 Å². The number of nitrogens with zero attached hydrogens (tertiary/aromatic N) is 4. The summed E-state index contributed by atoms with van der Waals surface area (Å²) in [6.45, 7) is 1.96. The Bertz CT molecular complexity index is 1260. The molecule has 0 fully saturated rings. The molecule has 1 aliphatic rings. The van der Waals surface area contributed by atoms with E-state index in [1.54, 1.807) is 31.2 Å². The summed E-state index contributed by atoms with van der Waals surface area (Å²) >= 11 is 15.8. The molecular formula is C21H18BrCl2N5O4. The number of fused-ring (bicyclic) bond motifs is 1. The highest BCUT2D eigenvalue weighted by Gasteiger charge is 2.35. The average Bonchev–Trinajstić information content (AvgIpc) is 3.25. The van der Waals surface area contributed by atoms with Crippen molar-refractivity contribution in [2.45, 2.75) is 19.6 Å². The Labute approximate surface area is 207 Å². The summed E-state index contributed by atoms with van der Waals surface area (Å²) < 4.78 is 18.7. The number of hydrogen-bond acceptors (Lipinski definition) is 8. The minimum absolute atomic E-state index is 0.196. The van der Waals surface area contributed by atoms with Crippen molar-refractivity contribution in [2.24, 2.45) is 0 Å². The molecule has 1 aliphatic heterocycles. The second kappa shape index (κ2) is 9.58. The number of halogens is 3. The molecule has 1 atom stereocenters. The van der Waals surface area contributed by atoms with E-state index in [9.17, 15) is 4.79 Å². The number of carbonyl (C=O) groups is 1. The van der Waals surface area contributed by atoms with Crippen LogP contribution in [-0.2, 0) is 16.1 Å². The minimum atomic E-state index is -0.645. The number of allylic oxidation sites excluding steroid dienone is 1. The number of anilines is 1. The highest BCUT2D eigenvalue weighted by Crippen LogP contribution is 2.43. The van der Waals surface area contributed by atoms with Gasteiger partial charge < -0.3 is 19.5 Å². The Kier molecular flexibility index (Phi) is 6.78. The number of ether oxygens (including phenoxy) is 3. The van der Waals surface area contributed by atoms with E-state index in [-0.39, 0.29) is 6.61 Å². The molecule has 0 saturated carbocycles. The molecule has 0 amide bonds. The van der Waals surface area contributed by atoms with Crippen molar-refractivity contribution in [3.63, 3.8) is 0 Å². The predicted octanol–water partition coefficient (Wildman–Crippen LogP) is 4.79. The molecule has 3 aromatic rings. The molecule has 2 heterocycles. The summed E-state index contributed by atoms with van der Waals surface area (Å²) in [5.74, 6) is 0.815. The second-order valence-corrected chi connectivity index (χ2v) is 8.76. The molecule has 1 N–H and O–H groups in total. The van der Waals surface area contributed by atoms with Crippen molar-refractivity contribution in [1.82, 2.24) is 20.2 Å². The number of benzene rings is 2. The molecule has 2 aromatic carbocycles. The number of nitrogens with one attached hydrogen (secondary N) is 1. The van der Waals surface area contributed by atoms with Crippen molar-refractivity contribution in [1.29, 1.82) is 0 Å². The average molecular weight is 555 g/mol. The number of aromatic nitrogens is 4. The third-order valence-electron chi connectivity index (χ3n) is 5.07. The highest BCUT2D eigenvalue weighted by molar-refractivity contribution is 9.10. The van der Waals surface area contributed by atoms with E-state index in [4.69, 9.17) is 37.4 Å². The Morgan fingerprint density at radius 3 is 2.73 bits per heavy atom. The van der Waals surface area contributed by atoms with Gasteiger partial charge in [0.25, 0.3) is 0 Å². The fourth-order valence-electron chi connectivity index (χ4n) is 3.52. The van der Waals surface area contributed by atoms with E-state index in [1.165, 1.54) is 18.9 Å². The molecular weight excluding hydrogens is 537 g/mol. The molecule has 12 heteroatoms. The zero-order valence-corrected chi connectivity index (χ0v) is 20.8.